The first-order valence-electron chi connectivity index (χ1n) is 1.98. The summed E-state index contributed by atoms with van der Waals surface area (Å²) in [5.41, 5.74) is 6.86. The molecule has 0 saturated carbocycles. The summed E-state index contributed by atoms with van der Waals surface area (Å²) >= 11 is 5.35. The SMILES string of the molecule is [NH]c1cnc(Cl)cn1. The van der Waals surface area contributed by atoms with E-state index in [0.29, 0.717) is 5.15 Å². The zero-order valence-corrected chi connectivity index (χ0v) is 4.68. The Labute approximate surface area is 51.5 Å². The molecule has 1 aromatic heterocycles. The van der Waals surface area contributed by atoms with Gasteiger partial charge in [0.1, 0.15) is 5.15 Å². The summed E-state index contributed by atoms with van der Waals surface area (Å²) in [6, 6.07) is 0. The fourth-order valence-corrected chi connectivity index (χ4v) is 0.410. The van der Waals surface area contributed by atoms with E-state index in [1.54, 1.807) is 0 Å². The molecule has 0 bridgehead atoms. The van der Waals surface area contributed by atoms with Crippen LogP contribution >= 0.6 is 11.6 Å². The van der Waals surface area contributed by atoms with Crippen LogP contribution in [0.3, 0.4) is 0 Å². The van der Waals surface area contributed by atoms with Gasteiger partial charge < -0.3 is 0 Å². The predicted molar refractivity (Wildman–Crippen MR) is 29.8 cm³/mol. The van der Waals surface area contributed by atoms with Gasteiger partial charge in [-0.1, -0.05) is 11.6 Å². The van der Waals surface area contributed by atoms with Gasteiger partial charge in [-0.25, -0.2) is 9.97 Å². The van der Waals surface area contributed by atoms with Crippen molar-refractivity contribution in [2.45, 2.75) is 0 Å². The maximum Gasteiger partial charge on any atom is 0.163 e. The first-order valence-corrected chi connectivity index (χ1v) is 2.36. The Balaban J connectivity index is 3.03. The van der Waals surface area contributed by atoms with Gasteiger partial charge in [0.25, 0.3) is 0 Å². The molecule has 0 atom stereocenters. The Hall–Kier alpha value is -0.830. The molecule has 0 aliphatic heterocycles. The van der Waals surface area contributed by atoms with Crippen LogP contribution in [0.4, 0.5) is 5.82 Å². The monoisotopic (exact) mass is 128 g/mol. The van der Waals surface area contributed by atoms with E-state index in [1.807, 2.05) is 0 Å². The molecule has 4 heteroatoms. The summed E-state index contributed by atoms with van der Waals surface area (Å²) in [5.74, 6) is 0.134. The molecule has 1 N–H and O–H groups in total. The van der Waals surface area contributed by atoms with E-state index in [0.717, 1.165) is 0 Å². The summed E-state index contributed by atoms with van der Waals surface area (Å²) in [6.45, 7) is 0. The molecule has 0 amide bonds. The van der Waals surface area contributed by atoms with Gasteiger partial charge in [0.2, 0.25) is 0 Å². The second-order valence-corrected chi connectivity index (χ2v) is 1.61. The van der Waals surface area contributed by atoms with Crippen LogP contribution in [0.1, 0.15) is 0 Å². The summed E-state index contributed by atoms with van der Waals surface area (Å²) < 4.78 is 0. The zero-order valence-electron chi connectivity index (χ0n) is 3.93. The largest absolute Gasteiger partial charge is 0.282 e. The molecule has 0 saturated heterocycles. The minimum atomic E-state index is 0.134. The molecule has 41 valence electrons. The van der Waals surface area contributed by atoms with E-state index in [9.17, 15) is 0 Å². The average molecular weight is 129 g/mol. The first-order chi connectivity index (χ1) is 3.79. The van der Waals surface area contributed by atoms with Crippen molar-refractivity contribution in [1.29, 1.82) is 0 Å². The van der Waals surface area contributed by atoms with Gasteiger partial charge in [0, 0.05) is 0 Å². The summed E-state index contributed by atoms with van der Waals surface area (Å²) in [7, 11) is 0. The van der Waals surface area contributed by atoms with Gasteiger partial charge in [-0.05, 0) is 0 Å². The van der Waals surface area contributed by atoms with Crippen molar-refractivity contribution in [2.75, 3.05) is 0 Å². The van der Waals surface area contributed by atoms with Crippen molar-refractivity contribution in [3.8, 4) is 0 Å². The maximum absolute atomic E-state index is 6.86. The third-order valence-electron chi connectivity index (χ3n) is 0.620. The highest BCUT2D eigenvalue weighted by atomic mass is 35.5. The highest BCUT2D eigenvalue weighted by Gasteiger charge is 1.86. The van der Waals surface area contributed by atoms with Crippen molar-refractivity contribution in [3.05, 3.63) is 17.5 Å². The highest BCUT2D eigenvalue weighted by Crippen LogP contribution is 2.01. The van der Waals surface area contributed by atoms with Gasteiger partial charge in [-0.15, -0.1) is 0 Å². The van der Waals surface area contributed by atoms with E-state index in [-0.39, 0.29) is 5.82 Å². The minimum Gasteiger partial charge on any atom is -0.282 e. The number of aromatic nitrogens is 2. The first kappa shape index (κ1) is 5.31. The molecule has 1 radical (unpaired) electrons. The molecule has 0 aliphatic carbocycles. The van der Waals surface area contributed by atoms with E-state index in [2.05, 4.69) is 9.97 Å². The predicted octanol–water partition coefficient (Wildman–Crippen LogP) is 1.04. The van der Waals surface area contributed by atoms with Crippen LogP contribution in [0.25, 0.3) is 0 Å². The second kappa shape index (κ2) is 1.96. The van der Waals surface area contributed by atoms with Crippen LogP contribution in [-0.2, 0) is 0 Å². The molecular weight excluding hydrogens is 126 g/mol. The number of hydrogen-bond donors (Lipinski definition) is 0. The quantitative estimate of drug-likeness (QED) is 0.524. The highest BCUT2D eigenvalue weighted by molar-refractivity contribution is 6.29. The maximum atomic E-state index is 6.86. The molecule has 1 rings (SSSR count). The van der Waals surface area contributed by atoms with Crippen molar-refractivity contribution < 1.29 is 0 Å². The summed E-state index contributed by atoms with van der Waals surface area (Å²) in [5, 5.41) is 0.320. The van der Waals surface area contributed by atoms with Crippen molar-refractivity contribution >= 4 is 17.4 Å². The molecule has 0 fully saturated rings. The topological polar surface area (TPSA) is 49.6 Å². The fraction of sp³-hybridized carbons (Fsp3) is 0. The van der Waals surface area contributed by atoms with Crippen molar-refractivity contribution in [2.24, 2.45) is 0 Å². The van der Waals surface area contributed by atoms with Crippen LogP contribution < -0.4 is 5.73 Å². The van der Waals surface area contributed by atoms with Crippen LogP contribution in [0.2, 0.25) is 5.15 Å². The van der Waals surface area contributed by atoms with Crippen LogP contribution in [0.15, 0.2) is 12.4 Å². The third kappa shape index (κ3) is 1.07. The minimum absolute atomic E-state index is 0.134. The number of nitrogens with one attached hydrogen (secondary N) is 1. The normalized spacial score (nSPS) is 9.12. The van der Waals surface area contributed by atoms with Crippen molar-refractivity contribution in [3.63, 3.8) is 0 Å². The Kier molecular flexibility index (Phi) is 1.30. The molecule has 8 heavy (non-hydrogen) atoms. The lowest BCUT2D eigenvalue weighted by atomic mass is 10.7. The van der Waals surface area contributed by atoms with Gasteiger partial charge in [-0.2, -0.15) is 0 Å². The van der Waals surface area contributed by atoms with Gasteiger partial charge in [-0.3, -0.25) is 5.73 Å². The van der Waals surface area contributed by atoms with Gasteiger partial charge in [0.15, 0.2) is 5.82 Å². The van der Waals surface area contributed by atoms with Gasteiger partial charge in [0.05, 0.1) is 12.4 Å². The lowest BCUT2D eigenvalue weighted by molar-refractivity contribution is 1.16. The zero-order chi connectivity index (χ0) is 5.98. The lowest BCUT2D eigenvalue weighted by Crippen LogP contribution is -1.78. The Morgan fingerprint density at radius 1 is 1.38 bits per heavy atom. The number of halogens is 1. The van der Waals surface area contributed by atoms with Crippen LogP contribution in [-0.4, -0.2) is 9.97 Å². The standard InChI is InChI=1S/C4H3ClN3/c5-3-1-8-4(6)2-7-3/h1-2,6H. The van der Waals surface area contributed by atoms with E-state index >= 15 is 0 Å². The molecule has 1 aromatic rings. The van der Waals surface area contributed by atoms with E-state index < -0.39 is 0 Å². The summed E-state index contributed by atoms with van der Waals surface area (Å²) in [6.07, 6.45) is 2.63. The molecule has 0 aliphatic rings. The summed E-state index contributed by atoms with van der Waals surface area (Å²) in [4.78, 5) is 7.15. The molecular formula is C4H3ClN3. The van der Waals surface area contributed by atoms with Gasteiger partial charge >= 0.3 is 0 Å². The van der Waals surface area contributed by atoms with Crippen molar-refractivity contribution in [1.82, 2.24) is 15.7 Å². The fourth-order valence-electron chi connectivity index (χ4n) is 0.312. The lowest BCUT2D eigenvalue weighted by Gasteiger charge is -1.85. The molecule has 1 heterocycles. The number of hydrogen-bond acceptors (Lipinski definition) is 2. The Bertz CT molecular complexity index is 150. The third-order valence-corrected chi connectivity index (χ3v) is 0.816. The Morgan fingerprint density at radius 3 is 2.50 bits per heavy atom. The van der Waals surface area contributed by atoms with Crippen LogP contribution in [0.5, 0.6) is 0 Å². The average Bonchev–Trinajstić information content (AvgIpc) is 1.77. The molecule has 0 aromatic carbocycles. The Morgan fingerprint density at radius 2 is 2.12 bits per heavy atom. The number of rotatable bonds is 0. The van der Waals surface area contributed by atoms with Crippen LogP contribution in [0, 0.1) is 0 Å². The smallest absolute Gasteiger partial charge is 0.163 e. The van der Waals surface area contributed by atoms with E-state index in [4.69, 9.17) is 17.3 Å². The van der Waals surface area contributed by atoms with E-state index in [1.165, 1.54) is 12.4 Å². The molecule has 0 unspecified atom stereocenters. The number of nitrogens with zero attached hydrogens (tertiary/aromatic N) is 2. The second-order valence-electron chi connectivity index (χ2n) is 1.22. The molecule has 3 nitrogen and oxygen atoms in total. The molecule has 0 spiro atoms.